The summed E-state index contributed by atoms with van der Waals surface area (Å²) in [7, 11) is 0. The lowest BCUT2D eigenvalue weighted by molar-refractivity contribution is 0.0922. The fraction of sp³-hybridized carbons (Fsp3) is 0.333. The average molecular weight is 270 g/mol. The minimum absolute atomic E-state index is 0.0555. The third-order valence-electron chi connectivity index (χ3n) is 3.85. The fourth-order valence-corrected chi connectivity index (χ4v) is 2.79. The van der Waals surface area contributed by atoms with Gasteiger partial charge in [-0.1, -0.05) is 24.3 Å². The van der Waals surface area contributed by atoms with Gasteiger partial charge < -0.3 is 11.1 Å². The Hall–Kier alpha value is -2.14. The summed E-state index contributed by atoms with van der Waals surface area (Å²) in [6.45, 7) is 2.63. The first-order chi connectivity index (χ1) is 9.70. The van der Waals surface area contributed by atoms with Crippen LogP contribution in [0.15, 0.2) is 36.5 Å². The molecule has 1 aliphatic rings. The zero-order valence-corrected chi connectivity index (χ0v) is 11.4. The van der Waals surface area contributed by atoms with E-state index < -0.39 is 0 Å². The smallest absolute Gasteiger partial charge is 0.269 e. The molecule has 1 heterocycles. The molecule has 0 fully saturated rings. The van der Waals surface area contributed by atoms with Crippen molar-refractivity contribution in [3.8, 4) is 0 Å². The summed E-state index contributed by atoms with van der Waals surface area (Å²) in [5.41, 5.74) is 9.15. The summed E-state index contributed by atoms with van der Waals surface area (Å²) in [4.78, 5) is 12.3. The number of nitrogens with one attached hydrogen (secondary N) is 1. The van der Waals surface area contributed by atoms with Gasteiger partial charge in [-0.15, -0.1) is 0 Å². The molecule has 3 N–H and O–H groups in total. The van der Waals surface area contributed by atoms with Crippen molar-refractivity contribution < 1.29 is 4.79 Å². The van der Waals surface area contributed by atoms with Crippen LogP contribution in [0, 0.1) is 0 Å². The summed E-state index contributed by atoms with van der Waals surface area (Å²) < 4.78 is 1.68. The number of aromatic nitrogens is 2. The third-order valence-corrected chi connectivity index (χ3v) is 3.85. The predicted molar refractivity (Wildman–Crippen MR) is 76.2 cm³/mol. The lowest BCUT2D eigenvalue weighted by Gasteiger charge is -2.18. The van der Waals surface area contributed by atoms with Crippen LogP contribution in [-0.2, 0) is 13.0 Å². The second kappa shape index (κ2) is 5.09. The van der Waals surface area contributed by atoms with E-state index in [1.807, 2.05) is 25.1 Å². The minimum atomic E-state index is -0.145. The van der Waals surface area contributed by atoms with E-state index in [0.29, 0.717) is 12.2 Å². The van der Waals surface area contributed by atoms with E-state index in [0.717, 1.165) is 12.0 Å². The summed E-state index contributed by atoms with van der Waals surface area (Å²) in [5, 5.41) is 7.14. The summed E-state index contributed by atoms with van der Waals surface area (Å²) >= 11 is 0. The van der Waals surface area contributed by atoms with E-state index in [-0.39, 0.29) is 18.0 Å². The second-order valence-corrected chi connectivity index (χ2v) is 5.04. The van der Waals surface area contributed by atoms with E-state index in [9.17, 15) is 4.79 Å². The van der Waals surface area contributed by atoms with E-state index in [1.54, 1.807) is 16.9 Å². The number of hydrogen-bond acceptors (Lipinski definition) is 3. The molecule has 1 amide bonds. The monoisotopic (exact) mass is 270 g/mol. The first-order valence-electron chi connectivity index (χ1n) is 6.86. The van der Waals surface area contributed by atoms with Gasteiger partial charge in [-0.25, -0.2) is 0 Å². The number of amides is 1. The van der Waals surface area contributed by atoms with Crippen LogP contribution in [0.3, 0.4) is 0 Å². The number of fused-ring (bicyclic) bond motifs is 1. The Kier molecular flexibility index (Phi) is 3.28. The largest absolute Gasteiger partial charge is 0.346 e. The lowest BCUT2D eigenvalue weighted by Crippen LogP contribution is -2.41. The van der Waals surface area contributed by atoms with Crippen LogP contribution < -0.4 is 11.1 Å². The maximum absolute atomic E-state index is 12.3. The van der Waals surface area contributed by atoms with Gasteiger partial charge in [0.25, 0.3) is 5.91 Å². The number of nitrogens with two attached hydrogens (primary N) is 1. The molecular weight excluding hydrogens is 252 g/mol. The van der Waals surface area contributed by atoms with Crippen molar-refractivity contribution in [2.75, 3.05) is 0 Å². The highest BCUT2D eigenvalue weighted by atomic mass is 16.2. The van der Waals surface area contributed by atoms with Crippen LogP contribution in [0.2, 0.25) is 0 Å². The molecule has 0 saturated heterocycles. The number of benzene rings is 1. The Balaban J connectivity index is 1.76. The standard InChI is InChI=1S/C15H18N4O/c1-2-19-13(7-8-17-19)15(20)18-12-9-10-5-3-4-6-11(10)14(12)16/h3-8,12,14H,2,9,16H2,1H3,(H,18,20)/t12-,14-/m1/s1. The molecule has 0 spiro atoms. The molecular formula is C15H18N4O. The van der Waals surface area contributed by atoms with Crippen molar-refractivity contribution in [1.29, 1.82) is 0 Å². The highest BCUT2D eigenvalue weighted by Crippen LogP contribution is 2.29. The Morgan fingerprint density at radius 2 is 2.25 bits per heavy atom. The van der Waals surface area contributed by atoms with Crippen molar-refractivity contribution >= 4 is 5.91 Å². The van der Waals surface area contributed by atoms with Gasteiger partial charge in [0.05, 0.1) is 12.1 Å². The second-order valence-electron chi connectivity index (χ2n) is 5.04. The molecule has 20 heavy (non-hydrogen) atoms. The number of nitrogens with zero attached hydrogens (tertiary/aromatic N) is 2. The van der Waals surface area contributed by atoms with E-state index in [1.165, 1.54) is 5.56 Å². The quantitative estimate of drug-likeness (QED) is 0.881. The highest BCUT2D eigenvalue weighted by molar-refractivity contribution is 5.92. The number of rotatable bonds is 3. The van der Waals surface area contributed by atoms with E-state index in [4.69, 9.17) is 5.73 Å². The summed E-state index contributed by atoms with van der Waals surface area (Å²) in [6.07, 6.45) is 2.42. The van der Waals surface area contributed by atoms with Gasteiger partial charge >= 0.3 is 0 Å². The average Bonchev–Trinajstić information content (AvgIpc) is 3.05. The molecule has 0 bridgehead atoms. The minimum Gasteiger partial charge on any atom is -0.346 e. The van der Waals surface area contributed by atoms with E-state index in [2.05, 4.69) is 16.5 Å². The molecule has 1 aromatic carbocycles. The van der Waals surface area contributed by atoms with Crippen molar-refractivity contribution in [3.63, 3.8) is 0 Å². The fourth-order valence-electron chi connectivity index (χ4n) is 2.79. The Bertz CT molecular complexity index is 634. The van der Waals surface area contributed by atoms with Gasteiger partial charge in [0.1, 0.15) is 5.69 Å². The molecule has 5 heteroatoms. The molecule has 0 radical (unpaired) electrons. The molecule has 104 valence electrons. The first-order valence-corrected chi connectivity index (χ1v) is 6.86. The van der Waals surface area contributed by atoms with Gasteiger partial charge in [-0.05, 0) is 30.5 Å². The topological polar surface area (TPSA) is 72.9 Å². The van der Waals surface area contributed by atoms with E-state index >= 15 is 0 Å². The van der Waals surface area contributed by atoms with Crippen LogP contribution in [-0.4, -0.2) is 21.7 Å². The van der Waals surface area contributed by atoms with Gasteiger partial charge in [0.2, 0.25) is 0 Å². The van der Waals surface area contributed by atoms with Gasteiger partial charge in [-0.3, -0.25) is 9.48 Å². The van der Waals surface area contributed by atoms with Crippen LogP contribution in [0.4, 0.5) is 0 Å². The zero-order chi connectivity index (χ0) is 14.1. The Labute approximate surface area is 117 Å². The lowest BCUT2D eigenvalue weighted by atomic mass is 10.1. The molecule has 0 aliphatic heterocycles. The molecule has 1 aromatic heterocycles. The maximum atomic E-state index is 12.3. The molecule has 2 aromatic rings. The van der Waals surface area contributed by atoms with Crippen molar-refractivity contribution in [2.24, 2.45) is 5.73 Å². The Morgan fingerprint density at radius 3 is 3.00 bits per heavy atom. The first kappa shape index (κ1) is 12.9. The van der Waals surface area contributed by atoms with Crippen LogP contribution in [0.25, 0.3) is 0 Å². The summed E-state index contributed by atoms with van der Waals surface area (Å²) in [6, 6.07) is 9.61. The zero-order valence-electron chi connectivity index (χ0n) is 11.4. The maximum Gasteiger partial charge on any atom is 0.269 e. The number of hydrogen-bond donors (Lipinski definition) is 2. The SMILES string of the molecule is CCn1nccc1C(=O)N[C@@H]1Cc2ccccc2[C@H]1N. The van der Waals surface area contributed by atoms with Crippen molar-refractivity contribution in [1.82, 2.24) is 15.1 Å². The van der Waals surface area contributed by atoms with Crippen LogP contribution in [0.5, 0.6) is 0 Å². The van der Waals surface area contributed by atoms with Crippen molar-refractivity contribution in [2.45, 2.75) is 32.0 Å². The molecule has 5 nitrogen and oxygen atoms in total. The molecule has 0 saturated carbocycles. The van der Waals surface area contributed by atoms with Crippen molar-refractivity contribution in [3.05, 3.63) is 53.3 Å². The normalized spacial score (nSPS) is 20.7. The molecule has 2 atom stereocenters. The van der Waals surface area contributed by atoms with Gasteiger partial charge in [0.15, 0.2) is 0 Å². The Morgan fingerprint density at radius 1 is 1.45 bits per heavy atom. The van der Waals surface area contributed by atoms with Gasteiger partial charge in [-0.2, -0.15) is 5.10 Å². The van der Waals surface area contributed by atoms with Crippen LogP contribution in [0.1, 0.15) is 34.6 Å². The number of carbonyl (C=O) groups is 1. The molecule has 1 aliphatic carbocycles. The summed E-state index contributed by atoms with van der Waals surface area (Å²) in [5.74, 6) is -0.113. The van der Waals surface area contributed by atoms with Crippen LogP contribution >= 0.6 is 0 Å². The third kappa shape index (κ3) is 2.10. The predicted octanol–water partition coefficient (Wildman–Crippen LogP) is 1.26. The molecule has 3 rings (SSSR count). The number of aryl methyl sites for hydroxylation is 1. The number of carbonyl (C=O) groups excluding carboxylic acids is 1. The van der Waals surface area contributed by atoms with Gasteiger partial charge in [0, 0.05) is 12.7 Å². The highest BCUT2D eigenvalue weighted by Gasteiger charge is 2.31. The molecule has 0 unspecified atom stereocenters.